The largest absolute Gasteiger partial charge is 0.481 e. The Hall–Kier alpha value is -2.53. The highest BCUT2D eigenvalue weighted by Gasteiger charge is 2.51. The standard InChI is InChI=1S/C20H17ClO6S/c1-20(2)19(24)15-9-12(4-8-17(15)28(20,25)26)3-5-13-10-14(21)6-7-16(13)27-11-18(22)23/h4,6-10,19,24H,11H2,1-2H3,(H,22,23). The molecule has 0 spiro atoms. The van der Waals surface area contributed by atoms with Crippen molar-refractivity contribution in [2.45, 2.75) is 29.6 Å². The number of aliphatic hydroxyl groups excluding tert-OH is 1. The lowest BCUT2D eigenvalue weighted by atomic mass is 9.97. The predicted molar refractivity (Wildman–Crippen MR) is 103 cm³/mol. The number of ether oxygens (including phenoxy) is 1. The number of benzene rings is 2. The molecular formula is C20H17ClO6S. The fourth-order valence-corrected chi connectivity index (χ4v) is 4.78. The number of hydrogen-bond acceptors (Lipinski definition) is 5. The van der Waals surface area contributed by atoms with Gasteiger partial charge in [-0.25, -0.2) is 13.2 Å². The lowest BCUT2D eigenvalue weighted by molar-refractivity contribution is -0.139. The van der Waals surface area contributed by atoms with E-state index in [1.165, 1.54) is 26.0 Å². The first-order chi connectivity index (χ1) is 13.0. The first-order valence-electron chi connectivity index (χ1n) is 8.27. The summed E-state index contributed by atoms with van der Waals surface area (Å²) in [6, 6.07) is 9.16. The van der Waals surface area contributed by atoms with Crippen molar-refractivity contribution in [3.8, 4) is 17.6 Å². The first-order valence-corrected chi connectivity index (χ1v) is 10.1. The Morgan fingerprint density at radius 2 is 1.93 bits per heavy atom. The number of carboxylic acids is 1. The van der Waals surface area contributed by atoms with Crippen LogP contribution in [0.3, 0.4) is 0 Å². The van der Waals surface area contributed by atoms with Crippen LogP contribution in [0.4, 0.5) is 0 Å². The number of sulfone groups is 1. The molecule has 1 heterocycles. The van der Waals surface area contributed by atoms with Crippen molar-refractivity contribution in [1.82, 2.24) is 0 Å². The Balaban J connectivity index is 1.99. The van der Waals surface area contributed by atoms with Gasteiger partial charge in [-0.3, -0.25) is 0 Å². The van der Waals surface area contributed by atoms with Crippen LogP contribution in [0.5, 0.6) is 5.75 Å². The second kappa shape index (κ2) is 7.13. The molecule has 2 aromatic carbocycles. The van der Waals surface area contributed by atoms with E-state index in [2.05, 4.69) is 11.8 Å². The van der Waals surface area contributed by atoms with Crippen molar-refractivity contribution < 1.29 is 28.2 Å². The Kier molecular flexibility index (Phi) is 5.15. The van der Waals surface area contributed by atoms with Crippen LogP contribution in [-0.2, 0) is 14.6 Å². The molecule has 0 saturated carbocycles. The summed E-state index contributed by atoms with van der Waals surface area (Å²) >= 11 is 5.98. The van der Waals surface area contributed by atoms with Crippen LogP contribution in [0, 0.1) is 11.8 Å². The highest BCUT2D eigenvalue weighted by atomic mass is 35.5. The van der Waals surface area contributed by atoms with Gasteiger partial charge in [0.25, 0.3) is 0 Å². The first kappa shape index (κ1) is 20.2. The fraction of sp³-hybridized carbons (Fsp3) is 0.250. The van der Waals surface area contributed by atoms with Crippen molar-refractivity contribution in [1.29, 1.82) is 0 Å². The monoisotopic (exact) mass is 420 g/mol. The molecule has 1 aliphatic heterocycles. The summed E-state index contributed by atoms with van der Waals surface area (Å²) in [5, 5.41) is 19.6. The Labute approximate surface area is 167 Å². The van der Waals surface area contributed by atoms with Crippen LogP contribution in [0.15, 0.2) is 41.3 Å². The van der Waals surface area contributed by atoms with Crippen molar-refractivity contribution in [3.63, 3.8) is 0 Å². The molecule has 2 N–H and O–H groups in total. The molecule has 1 atom stereocenters. The van der Waals surface area contributed by atoms with Gasteiger partial charge in [0, 0.05) is 16.1 Å². The van der Waals surface area contributed by atoms with Crippen LogP contribution in [0.1, 0.15) is 36.6 Å². The molecule has 1 aliphatic rings. The minimum atomic E-state index is -3.64. The van der Waals surface area contributed by atoms with E-state index in [0.29, 0.717) is 21.7 Å². The molecule has 1 unspecified atom stereocenters. The molecule has 0 aliphatic carbocycles. The normalized spacial score (nSPS) is 18.6. The quantitative estimate of drug-likeness (QED) is 0.740. The van der Waals surface area contributed by atoms with E-state index in [1.54, 1.807) is 24.3 Å². The van der Waals surface area contributed by atoms with E-state index in [1.807, 2.05) is 0 Å². The number of halogens is 1. The number of aliphatic carboxylic acids is 1. The van der Waals surface area contributed by atoms with E-state index in [4.69, 9.17) is 21.4 Å². The zero-order valence-electron chi connectivity index (χ0n) is 15.1. The van der Waals surface area contributed by atoms with Crippen molar-refractivity contribution >= 4 is 27.4 Å². The summed E-state index contributed by atoms with van der Waals surface area (Å²) in [7, 11) is -3.64. The molecule has 0 amide bonds. The van der Waals surface area contributed by atoms with E-state index in [-0.39, 0.29) is 10.6 Å². The summed E-state index contributed by atoms with van der Waals surface area (Å²) in [6.45, 7) is 2.45. The highest BCUT2D eigenvalue weighted by Crippen LogP contribution is 2.46. The SMILES string of the molecule is CC1(C)C(O)c2cc(C#Cc3cc(Cl)ccc3OCC(=O)O)ccc2S1(=O)=O. The molecule has 0 fully saturated rings. The fourth-order valence-electron chi connectivity index (χ4n) is 2.89. The van der Waals surface area contributed by atoms with E-state index in [0.717, 1.165) is 0 Å². The Morgan fingerprint density at radius 3 is 2.61 bits per heavy atom. The third kappa shape index (κ3) is 3.47. The summed E-state index contributed by atoms with van der Waals surface area (Å²) in [6.07, 6.45) is -1.16. The highest BCUT2D eigenvalue weighted by molar-refractivity contribution is 7.93. The van der Waals surface area contributed by atoms with Crippen LogP contribution in [-0.4, -0.2) is 36.0 Å². The summed E-state index contributed by atoms with van der Waals surface area (Å²) in [5.41, 5.74) is 1.20. The minimum Gasteiger partial charge on any atom is -0.481 e. The number of aliphatic hydroxyl groups is 1. The van der Waals surface area contributed by atoms with Crippen LogP contribution < -0.4 is 4.74 Å². The van der Waals surface area contributed by atoms with Gasteiger partial charge in [-0.15, -0.1) is 0 Å². The van der Waals surface area contributed by atoms with Crippen molar-refractivity contribution in [2.24, 2.45) is 0 Å². The number of carboxylic acid groups (broad SMARTS) is 1. The maximum absolute atomic E-state index is 12.5. The smallest absolute Gasteiger partial charge is 0.341 e. The third-order valence-electron chi connectivity index (χ3n) is 4.58. The number of carbonyl (C=O) groups is 1. The van der Waals surface area contributed by atoms with Crippen molar-refractivity contribution in [2.75, 3.05) is 6.61 Å². The van der Waals surface area contributed by atoms with Gasteiger partial charge in [-0.05, 0) is 50.2 Å². The molecule has 146 valence electrons. The lowest BCUT2D eigenvalue weighted by Crippen LogP contribution is -2.32. The van der Waals surface area contributed by atoms with Gasteiger partial charge in [0.15, 0.2) is 16.4 Å². The predicted octanol–water partition coefficient (Wildman–Crippen LogP) is 2.80. The molecular weight excluding hydrogens is 404 g/mol. The maximum Gasteiger partial charge on any atom is 0.341 e. The summed E-state index contributed by atoms with van der Waals surface area (Å²) in [5.74, 6) is 4.88. The number of hydrogen-bond donors (Lipinski definition) is 2. The topological polar surface area (TPSA) is 101 Å². The van der Waals surface area contributed by atoms with Gasteiger partial charge < -0.3 is 14.9 Å². The van der Waals surface area contributed by atoms with Gasteiger partial charge in [-0.2, -0.15) is 0 Å². The Bertz CT molecular complexity index is 1130. The number of rotatable bonds is 3. The van der Waals surface area contributed by atoms with Crippen LogP contribution in [0.2, 0.25) is 5.02 Å². The molecule has 8 heteroatoms. The Morgan fingerprint density at radius 1 is 1.21 bits per heavy atom. The van der Waals surface area contributed by atoms with Gasteiger partial charge in [0.1, 0.15) is 10.5 Å². The zero-order chi connectivity index (χ0) is 20.7. The average molecular weight is 421 g/mol. The van der Waals surface area contributed by atoms with Gasteiger partial charge in [0.2, 0.25) is 0 Å². The van der Waals surface area contributed by atoms with Gasteiger partial charge >= 0.3 is 5.97 Å². The maximum atomic E-state index is 12.5. The van der Waals surface area contributed by atoms with E-state index < -0.39 is 33.3 Å². The lowest BCUT2D eigenvalue weighted by Gasteiger charge is -2.21. The van der Waals surface area contributed by atoms with E-state index >= 15 is 0 Å². The molecule has 0 aromatic heterocycles. The van der Waals surface area contributed by atoms with Crippen molar-refractivity contribution in [3.05, 3.63) is 58.1 Å². The van der Waals surface area contributed by atoms with Gasteiger partial charge in [0.05, 0.1) is 16.6 Å². The van der Waals surface area contributed by atoms with Gasteiger partial charge in [-0.1, -0.05) is 23.4 Å². The minimum absolute atomic E-state index is 0.101. The van der Waals surface area contributed by atoms with Crippen LogP contribution in [0.25, 0.3) is 0 Å². The van der Waals surface area contributed by atoms with Crippen LogP contribution >= 0.6 is 11.6 Å². The molecule has 6 nitrogen and oxygen atoms in total. The second-order valence-electron chi connectivity index (χ2n) is 6.83. The molecule has 2 aromatic rings. The molecule has 0 bridgehead atoms. The zero-order valence-corrected chi connectivity index (χ0v) is 16.6. The summed E-state index contributed by atoms with van der Waals surface area (Å²) in [4.78, 5) is 10.8. The molecule has 0 saturated heterocycles. The molecule has 3 rings (SSSR count). The van der Waals surface area contributed by atoms with E-state index in [9.17, 15) is 18.3 Å². The summed E-state index contributed by atoms with van der Waals surface area (Å²) < 4.78 is 29.0. The number of fused-ring (bicyclic) bond motifs is 1. The molecule has 0 radical (unpaired) electrons. The average Bonchev–Trinajstić information content (AvgIpc) is 2.76. The second-order valence-corrected chi connectivity index (χ2v) is 9.77. The molecule has 28 heavy (non-hydrogen) atoms. The third-order valence-corrected chi connectivity index (χ3v) is 7.37.